The van der Waals surface area contributed by atoms with Crippen LogP contribution in [0.25, 0.3) is 0 Å². The van der Waals surface area contributed by atoms with Gasteiger partial charge in [0.25, 0.3) is 0 Å². The molecule has 0 fully saturated rings. The summed E-state index contributed by atoms with van der Waals surface area (Å²) in [6.07, 6.45) is 11.0. The van der Waals surface area contributed by atoms with E-state index >= 15 is 0 Å². The van der Waals surface area contributed by atoms with Gasteiger partial charge >= 0.3 is 0 Å². The smallest absolute Gasteiger partial charge is 0.0211 e. The second-order valence-electron chi connectivity index (χ2n) is 4.72. The van der Waals surface area contributed by atoms with Crippen LogP contribution in [0, 0.1) is 5.92 Å². The van der Waals surface area contributed by atoms with Crippen LogP contribution in [0.3, 0.4) is 0 Å². The molecule has 3 rings (SSSR count). The second kappa shape index (κ2) is 3.09. The Labute approximate surface area is 85.6 Å². The molecule has 1 heteroatoms. The molecule has 0 aromatic rings. The molecular formula is C13H17N. The van der Waals surface area contributed by atoms with E-state index in [1.165, 1.54) is 24.8 Å². The second-order valence-corrected chi connectivity index (χ2v) is 4.72. The van der Waals surface area contributed by atoms with E-state index in [1.54, 1.807) is 11.1 Å². The zero-order valence-corrected chi connectivity index (χ0v) is 8.72. The molecule has 0 radical (unpaired) electrons. The van der Waals surface area contributed by atoms with Crippen molar-refractivity contribution in [2.45, 2.75) is 32.2 Å². The van der Waals surface area contributed by atoms with E-state index in [2.05, 4.69) is 30.5 Å². The van der Waals surface area contributed by atoms with Gasteiger partial charge in [-0.25, -0.2) is 0 Å². The zero-order chi connectivity index (χ0) is 9.54. The van der Waals surface area contributed by atoms with Gasteiger partial charge in [-0.1, -0.05) is 18.2 Å². The largest absolute Gasteiger partial charge is 0.310 e. The highest BCUT2D eigenvalue weighted by atomic mass is 14.9. The SMILES string of the molecule is C[C@@H]1C[C@H]2CCC=C3C=CC(=C32)CN1. The Hall–Kier alpha value is -0.820. The normalized spacial score (nSPS) is 35.4. The van der Waals surface area contributed by atoms with E-state index in [0.29, 0.717) is 6.04 Å². The van der Waals surface area contributed by atoms with Crippen LogP contribution in [0.5, 0.6) is 0 Å². The van der Waals surface area contributed by atoms with Crippen LogP contribution in [-0.4, -0.2) is 12.6 Å². The minimum absolute atomic E-state index is 0.679. The quantitative estimate of drug-likeness (QED) is 0.614. The summed E-state index contributed by atoms with van der Waals surface area (Å²) in [5.41, 5.74) is 4.73. The lowest BCUT2D eigenvalue weighted by molar-refractivity contribution is 0.443. The third kappa shape index (κ3) is 1.19. The molecule has 1 N–H and O–H groups in total. The Bertz CT molecular complexity index is 346. The monoisotopic (exact) mass is 187 g/mol. The Morgan fingerprint density at radius 2 is 2.29 bits per heavy atom. The van der Waals surface area contributed by atoms with Crippen LogP contribution in [0.4, 0.5) is 0 Å². The minimum Gasteiger partial charge on any atom is -0.310 e. The molecular weight excluding hydrogens is 170 g/mol. The molecule has 1 heterocycles. The molecule has 1 aliphatic heterocycles. The first kappa shape index (κ1) is 8.49. The summed E-state index contributed by atoms with van der Waals surface area (Å²) < 4.78 is 0. The molecule has 2 aliphatic carbocycles. The summed E-state index contributed by atoms with van der Waals surface area (Å²) in [5, 5.41) is 3.59. The van der Waals surface area contributed by atoms with E-state index in [-0.39, 0.29) is 0 Å². The lowest BCUT2D eigenvalue weighted by Gasteiger charge is -2.24. The average molecular weight is 187 g/mol. The average Bonchev–Trinajstić information content (AvgIpc) is 2.51. The van der Waals surface area contributed by atoms with Crippen molar-refractivity contribution in [2.24, 2.45) is 5.92 Å². The van der Waals surface area contributed by atoms with E-state index in [4.69, 9.17) is 0 Å². The highest BCUT2D eigenvalue weighted by Crippen LogP contribution is 2.40. The summed E-state index contributed by atoms with van der Waals surface area (Å²) in [7, 11) is 0. The highest BCUT2D eigenvalue weighted by molar-refractivity contribution is 5.56. The van der Waals surface area contributed by atoms with Crippen molar-refractivity contribution in [1.29, 1.82) is 0 Å². The van der Waals surface area contributed by atoms with Gasteiger partial charge in [-0.3, -0.25) is 0 Å². The van der Waals surface area contributed by atoms with Crippen LogP contribution in [0.1, 0.15) is 26.2 Å². The zero-order valence-electron chi connectivity index (χ0n) is 8.72. The van der Waals surface area contributed by atoms with Gasteiger partial charge < -0.3 is 5.32 Å². The van der Waals surface area contributed by atoms with Gasteiger partial charge in [-0.15, -0.1) is 0 Å². The molecule has 3 aliphatic rings. The molecule has 14 heavy (non-hydrogen) atoms. The maximum Gasteiger partial charge on any atom is 0.0211 e. The fraction of sp³-hybridized carbons (Fsp3) is 0.538. The molecule has 0 spiro atoms. The highest BCUT2D eigenvalue weighted by Gasteiger charge is 2.29. The third-order valence-electron chi connectivity index (χ3n) is 3.69. The number of rotatable bonds is 0. The molecule has 0 amide bonds. The predicted molar refractivity (Wildman–Crippen MR) is 59.1 cm³/mol. The predicted octanol–water partition coefficient (Wildman–Crippen LogP) is 2.57. The van der Waals surface area contributed by atoms with E-state index in [0.717, 1.165) is 12.5 Å². The first-order valence-corrected chi connectivity index (χ1v) is 5.69. The van der Waals surface area contributed by atoms with Crippen molar-refractivity contribution in [2.75, 3.05) is 6.54 Å². The number of allylic oxidation sites excluding steroid dienone is 4. The van der Waals surface area contributed by atoms with E-state index in [1.807, 2.05) is 0 Å². The summed E-state index contributed by atoms with van der Waals surface area (Å²) >= 11 is 0. The van der Waals surface area contributed by atoms with Crippen molar-refractivity contribution in [3.63, 3.8) is 0 Å². The summed E-state index contributed by atoms with van der Waals surface area (Å²) in [4.78, 5) is 0. The Balaban J connectivity index is 2.03. The van der Waals surface area contributed by atoms with Crippen LogP contribution in [0.15, 0.2) is 34.9 Å². The molecule has 0 bridgehead atoms. The van der Waals surface area contributed by atoms with Crippen molar-refractivity contribution in [3.8, 4) is 0 Å². The van der Waals surface area contributed by atoms with Gasteiger partial charge in [-0.2, -0.15) is 0 Å². The summed E-state index contributed by atoms with van der Waals surface area (Å²) in [6.45, 7) is 3.38. The Morgan fingerprint density at radius 1 is 1.36 bits per heavy atom. The topological polar surface area (TPSA) is 12.0 Å². The fourth-order valence-electron chi connectivity index (χ4n) is 3.00. The van der Waals surface area contributed by atoms with Gasteiger partial charge in [0.05, 0.1) is 0 Å². The molecule has 0 saturated carbocycles. The molecule has 0 unspecified atom stereocenters. The lowest BCUT2D eigenvalue weighted by atomic mass is 9.81. The van der Waals surface area contributed by atoms with Crippen LogP contribution < -0.4 is 5.32 Å². The number of hydrogen-bond donors (Lipinski definition) is 1. The molecule has 74 valence electrons. The minimum atomic E-state index is 0.679. The van der Waals surface area contributed by atoms with E-state index in [9.17, 15) is 0 Å². The van der Waals surface area contributed by atoms with Gasteiger partial charge in [0.2, 0.25) is 0 Å². The van der Waals surface area contributed by atoms with Gasteiger partial charge in [0.15, 0.2) is 0 Å². The van der Waals surface area contributed by atoms with Gasteiger partial charge in [-0.05, 0) is 48.8 Å². The standard InChI is InChI=1S/C13H17N/c1-9-7-11-4-2-3-10-5-6-12(8-14-9)13(10)11/h3,5-6,9,11,14H,2,4,7-8H2,1H3/t9-,11-/m1/s1. The Morgan fingerprint density at radius 3 is 3.21 bits per heavy atom. The fourth-order valence-corrected chi connectivity index (χ4v) is 3.00. The Kier molecular flexibility index (Phi) is 1.88. The summed E-state index contributed by atoms with van der Waals surface area (Å²) in [5.74, 6) is 0.824. The summed E-state index contributed by atoms with van der Waals surface area (Å²) in [6, 6.07) is 0.679. The van der Waals surface area contributed by atoms with Crippen molar-refractivity contribution >= 4 is 0 Å². The molecule has 2 atom stereocenters. The van der Waals surface area contributed by atoms with Crippen LogP contribution in [-0.2, 0) is 0 Å². The molecule has 0 saturated heterocycles. The van der Waals surface area contributed by atoms with Gasteiger partial charge in [0.1, 0.15) is 0 Å². The van der Waals surface area contributed by atoms with Crippen LogP contribution >= 0.6 is 0 Å². The maximum absolute atomic E-state index is 3.59. The van der Waals surface area contributed by atoms with E-state index < -0.39 is 0 Å². The first-order chi connectivity index (χ1) is 6.84. The first-order valence-electron chi connectivity index (χ1n) is 5.69. The van der Waals surface area contributed by atoms with Gasteiger partial charge in [0, 0.05) is 12.6 Å². The molecule has 0 aromatic carbocycles. The van der Waals surface area contributed by atoms with Crippen molar-refractivity contribution < 1.29 is 0 Å². The maximum atomic E-state index is 3.59. The van der Waals surface area contributed by atoms with Crippen molar-refractivity contribution in [3.05, 3.63) is 34.9 Å². The van der Waals surface area contributed by atoms with Crippen molar-refractivity contribution in [1.82, 2.24) is 5.32 Å². The lowest BCUT2D eigenvalue weighted by Crippen LogP contribution is -2.27. The molecule has 1 nitrogen and oxygen atoms in total. The number of hydrogen-bond acceptors (Lipinski definition) is 1. The number of nitrogens with one attached hydrogen (secondary N) is 1. The molecule has 0 aromatic heterocycles. The van der Waals surface area contributed by atoms with Crippen LogP contribution in [0.2, 0.25) is 0 Å². The third-order valence-corrected chi connectivity index (χ3v) is 3.69.